The quantitative estimate of drug-likeness (QED) is 0.650. The molecule has 7 heteroatoms. The zero-order chi connectivity index (χ0) is 24.2. The molecular formula is C28H32N4O3. The van der Waals surface area contributed by atoms with E-state index in [2.05, 4.69) is 34.0 Å². The number of aliphatic hydroxyl groups is 1. The predicted molar refractivity (Wildman–Crippen MR) is 138 cm³/mol. The van der Waals surface area contributed by atoms with Gasteiger partial charge in [0.25, 0.3) is 0 Å². The molecule has 1 aromatic heterocycles. The number of benzene rings is 1. The summed E-state index contributed by atoms with van der Waals surface area (Å²) in [5.41, 5.74) is 2.42. The van der Waals surface area contributed by atoms with Crippen LogP contribution in [0.25, 0.3) is 5.69 Å². The molecule has 2 unspecified atom stereocenters. The van der Waals surface area contributed by atoms with Crippen molar-refractivity contribution >= 4 is 5.69 Å². The highest BCUT2D eigenvalue weighted by atomic mass is 16.5. The van der Waals surface area contributed by atoms with Crippen LogP contribution in [0, 0.1) is 11.8 Å². The van der Waals surface area contributed by atoms with Gasteiger partial charge in [-0.15, -0.1) is 0 Å². The van der Waals surface area contributed by atoms with Crippen LogP contribution in [0.1, 0.15) is 19.8 Å². The minimum absolute atomic E-state index is 0.238. The lowest BCUT2D eigenvalue weighted by molar-refractivity contribution is 0.270. The second-order valence-corrected chi connectivity index (χ2v) is 9.56. The van der Waals surface area contributed by atoms with Crippen molar-refractivity contribution in [1.82, 2.24) is 14.7 Å². The molecule has 1 N–H and O–H groups in total. The van der Waals surface area contributed by atoms with Gasteiger partial charge in [0.2, 0.25) is 5.75 Å². The van der Waals surface area contributed by atoms with Crippen LogP contribution in [0.2, 0.25) is 0 Å². The monoisotopic (exact) mass is 472 g/mol. The minimum atomic E-state index is -0.249. The van der Waals surface area contributed by atoms with E-state index in [1.807, 2.05) is 54.6 Å². The summed E-state index contributed by atoms with van der Waals surface area (Å²) in [4.78, 5) is 18.0. The number of anilines is 1. The van der Waals surface area contributed by atoms with Crippen LogP contribution in [0.4, 0.5) is 5.69 Å². The van der Waals surface area contributed by atoms with E-state index >= 15 is 0 Å². The van der Waals surface area contributed by atoms with Gasteiger partial charge < -0.3 is 14.7 Å². The topological polar surface area (TPSA) is 70.8 Å². The summed E-state index contributed by atoms with van der Waals surface area (Å²) in [7, 11) is 0. The van der Waals surface area contributed by atoms with Crippen molar-refractivity contribution in [2.45, 2.75) is 19.8 Å². The molecule has 0 bridgehead atoms. The Kier molecular flexibility index (Phi) is 6.86. The van der Waals surface area contributed by atoms with E-state index < -0.39 is 0 Å². The van der Waals surface area contributed by atoms with Crippen LogP contribution in [-0.2, 0) is 0 Å². The molecule has 7 nitrogen and oxygen atoms in total. The third-order valence-electron chi connectivity index (χ3n) is 6.64. The molecule has 0 amide bonds. The highest BCUT2D eigenvalue weighted by Gasteiger charge is 2.27. The number of nitrogens with zero attached hydrogens (tertiary/aromatic N) is 4. The molecular weight excluding hydrogens is 440 g/mol. The van der Waals surface area contributed by atoms with Crippen LogP contribution in [-0.4, -0.2) is 52.7 Å². The van der Waals surface area contributed by atoms with E-state index in [9.17, 15) is 9.90 Å². The Hall–Kier alpha value is -3.58. The van der Waals surface area contributed by atoms with E-state index in [1.165, 1.54) is 10.3 Å². The van der Waals surface area contributed by atoms with Gasteiger partial charge in [0.05, 0.1) is 25.2 Å². The van der Waals surface area contributed by atoms with Gasteiger partial charge in [-0.3, -0.25) is 9.69 Å². The number of rotatable bonds is 7. The SMILES string of the molecule is CC1C=C(O)C=C(CN2CCN(c3cnn(-c4ccccc4)c(=O)c3OCC3C=CC=CC3)C2)C1. The Morgan fingerprint density at radius 3 is 2.80 bits per heavy atom. The number of aromatic nitrogens is 2. The number of aliphatic hydroxyl groups excluding tert-OH is 1. The van der Waals surface area contributed by atoms with Crippen molar-refractivity contribution in [2.75, 3.05) is 37.8 Å². The van der Waals surface area contributed by atoms with E-state index in [0.29, 0.717) is 36.4 Å². The van der Waals surface area contributed by atoms with Crippen molar-refractivity contribution in [1.29, 1.82) is 0 Å². The molecule has 1 aromatic carbocycles. The maximum Gasteiger partial charge on any atom is 0.316 e. The van der Waals surface area contributed by atoms with Crippen LogP contribution in [0.5, 0.6) is 5.75 Å². The molecule has 2 heterocycles. The van der Waals surface area contributed by atoms with Gasteiger partial charge in [-0.05, 0) is 43.0 Å². The summed E-state index contributed by atoms with van der Waals surface area (Å²) in [5.74, 6) is 1.28. The molecule has 1 fully saturated rings. The van der Waals surface area contributed by atoms with Crippen molar-refractivity contribution in [3.8, 4) is 11.4 Å². The Balaban J connectivity index is 1.38. The summed E-state index contributed by atoms with van der Waals surface area (Å²) < 4.78 is 7.63. The second kappa shape index (κ2) is 10.4. The number of allylic oxidation sites excluding steroid dienone is 5. The zero-order valence-electron chi connectivity index (χ0n) is 20.1. The molecule has 3 aliphatic rings. The first-order chi connectivity index (χ1) is 17.1. The number of para-hydroxylation sites is 1. The smallest absolute Gasteiger partial charge is 0.316 e. The van der Waals surface area contributed by atoms with E-state index in [-0.39, 0.29) is 11.5 Å². The predicted octanol–water partition coefficient (Wildman–Crippen LogP) is 4.23. The van der Waals surface area contributed by atoms with Crippen LogP contribution in [0.3, 0.4) is 0 Å². The summed E-state index contributed by atoms with van der Waals surface area (Å²) in [6.45, 7) is 5.68. The van der Waals surface area contributed by atoms with Crippen LogP contribution < -0.4 is 15.2 Å². The summed E-state index contributed by atoms with van der Waals surface area (Å²) >= 11 is 0. The molecule has 1 saturated heterocycles. The Bertz CT molecular complexity index is 1230. The molecule has 5 rings (SSSR count). The Labute approximate surface area is 205 Å². The van der Waals surface area contributed by atoms with Gasteiger partial charge >= 0.3 is 5.56 Å². The first-order valence-electron chi connectivity index (χ1n) is 12.3. The fraction of sp³-hybridized carbons (Fsp3) is 0.357. The third kappa shape index (κ3) is 5.41. The second-order valence-electron chi connectivity index (χ2n) is 9.56. The number of hydrogen-bond donors (Lipinski definition) is 1. The fourth-order valence-electron chi connectivity index (χ4n) is 4.94. The first kappa shape index (κ1) is 23.2. The van der Waals surface area contributed by atoms with Gasteiger partial charge in [-0.25, -0.2) is 0 Å². The summed E-state index contributed by atoms with van der Waals surface area (Å²) in [6.07, 6.45) is 15.7. The lowest BCUT2D eigenvalue weighted by Gasteiger charge is -2.25. The standard InChI is InChI=1S/C28H32N4O3/c1-21-14-23(16-25(33)15-21)18-30-12-13-31(20-30)26-17-29-32(24-10-6-3-7-11-24)28(34)27(26)35-19-22-8-4-2-5-9-22/h2-8,10-11,15-17,21-22,33H,9,12-14,18-20H2,1H3. The van der Waals surface area contributed by atoms with Crippen molar-refractivity contribution in [3.63, 3.8) is 0 Å². The third-order valence-corrected chi connectivity index (χ3v) is 6.64. The van der Waals surface area contributed by atoms with E-state index in [0.717, 1.165) is 38.2 Å². The highest BCUT2D eigenvalue weighted by molar-refractivity contribution is 5.57. The number of ether oxygens (including phenoxy) is 1. The van der Waals surface area contributed by atoms with Gasteiger partial charge in [0.1, 0.15) is 11.4 Å². The lowest BCUT2D eigenvalue weighted by atomic mass is 9.95. The van der Waals surface area contributed by atoms with Crippen LogP contribution >= 0.6 is 0 Å². The normalized spacial score (nSPS) is 22.3. The van der Waals surface area contributed by atoms with Crippen molar-refractivity contribution < 1.29 is 9.84 Å². The number of hydrogen-bond acceptors (Lipinski definition) is 6. The summed E-state index contributed by atoms with van der Waals surface area (Å²) in [5, 5.41) is 14.5. The molecule has 2 aromatic rings. The highest BCUT2D eigenvalue weighted by Crippen LogP contribution is 2.29. The van der Waals surface area contributed by atoms with E-state index in [1.54, 1.807) is 6.20 Å². The molecule has 2 aliphatic carbocycles. The minimum Gasteiger partial charge on any atom is -0.508 e. The average Bonchev–Trinajstić information content (AvgIpc) is 3.32. The lowest BCUT2D eigenvalue weighted by Crippen LogP contribution is -2.31. The van der Waals surface area contributed by atoms with Crippen LogP contribution in [0.15, 0.2) is 89.1 Å². The first-order valence-corrected chi connectivity index (χ1v) is 12.3. The summed E-state index contributed by atoms with van der Waals surface area (Å²) in [6, 6.07) is 9.44. The van der Waals surface area contributed by atoms with Crippen molar-refractivity contribution in [2.24, 2.45) is 11.8 Å². The average molecular weight is 473 g/mol. The molecule has 1 aliphatic heterocycles. The molecule has 0 saturated carbocycles. The maximum atomic E-state index is 13.6. The molecule has 0 radical (unpaired) electrons. The Morgan fingerprint density at radius 1 is 1.17 bits per heavy atom. The van der Waals surface area contributed by atoms with Crippen molar-refractivity contribution in [3.05, 3.63) is 94.7 Å². The molecule has 182 valence electrons. The maximum absolute atomic E-state index is 13.6. The van der Waals surface area contributed by atoms with Gasteiger partial charge in [-0.1, -0.05) is 55.0 Å². The zero-order valence-corrected chi connectivity index (χ0v) is 20.1. The Morgan fingerprint density at radius 2 is 2.03 bits per heavy atom. The molecule has 0 spiro atoms. The molecule has 2 atom stereocenters. The fourth-order valence-corrected chi connectivity index (χ4v) is 4.94. The van der Waals surface area contributed by atoms with Gasteiger partial charge in [0, 0.05) is 25.6 Å². The largest absolute Gasteiger partial charge is 0.508 e. The van der Waals surface area contributed by atoms with Gasteiger partial charge in [0.15, 0.2) is 0 Å². The van der Waals surface area contributed by atoms with Gasteiger partial charge in [-0.2, -0.15) is 9.78 Å². The van der Waals surface area contributed by atoms with E-state index in [4.69, 9.17) is 4.74 Å². The molecule has 35 heavy (non-hydrogen) atoms.